The Balaban J connectivity index is 0.00000128. The van der Waals surface area contributed by atoms with Crippen molar-refractivity contribution in [3.63, 3.8) is 0 Å². The number of hydrogen-bond donors (Lipinski definition) is 2. The number of H-pyrrole nitrogens is 2. The van der Waals surface area contributed by atoms with E-state index in [4.69, 9.17) is 11.6 Å². The van der Waals surface area contributed by atoms with Crippen LogP contribution in [0.15, 0.2) is 14.6 Å². The lowest BCUT2D eigenvalue weighted by Crippen LogP contribution is -2.28. The fourth-order valence-electron chi connectivity index (χ4n) is 1.37. The van der Waals surface area contributed by atoms with E-state index in [1.165, 1.54) is 0 Å². The molecular formula is C8H10Cl2N4O2. The molecule has 88 valence electrons. The van der Waals surface area contributed by atoms with Gasteiger partial charge in [0.15, 0.2) is 0 Å². The van der Waals surface area contributed by atoms with Gasteiger partial charge in [-0.2, -0.15) is 0 Å². The van der Waals surface area contributed by atoms with Crippen molar-refractivity contribution in [3.05, 3.63) is 31.6 Å². The topological polar surface area (TPSA) is 81.3 Å². The predicted octanol–water partition coefficient (Wildman–Crippen LogP) is -0.0177. The van der Waals surface area contributed by atoms with Gasteiger partial charge in [-0.3, -0.25) is 14.8 Å². The first-order valence-corrected chi connectivity index (χ1v) is 4.79. The van der Waals surface area contributed by atoms with Crippen LogP contribution in [-0.4, -0.2) is 34.3 Å². The molecule has 2 N–H and O–H groups in total. The predicted molar refractivity (Wildman–Crippen MR) is 63.7 cm³/mol. The van der Waals surface area contributed by atoms with Crippen LogP contribution in [0, 0.1) is 0 Å². The number of nitrogens with zero attached hydrogens (tertiary/aromatic N) is 2. The standard InChI is InChI=1S/C8H9ClN4O2.ClH/c9-6-5(3-13-2-1-10-4-13)11-8(15)12-7(6)14;/h4H,1-3H2,(H2,11,12,14,15);1H. The minimum absolute atomic E-state index is 0. The van der Waals surface area contributed by atoms with E-state index in [1.807, 2.05) is 4.90 Å². The third-order valence-electron chi connectivity index (χ3n) is 2.08. The van der Waals surface area contributed by atoms with Gasteiger partial charge >= 0.3 is 5.69 Å². The summed E-state index contributed by atoms with van der Waals surface area (Å²) in [6, 6.07) is 0. The third kappa shape index (κ3) is 2.65. The molecule has 0 saturated heterocycles. The number of aromatic amines is 2. The summed E-state index contributed by atoms with van der Waals surface area (Å²) in [6.07, 6.45) is 1.68. The van der Waals surface area contributed by atoms with Crippen LogP contribution in [0.4, 0.5) is 0 Å². The lowest BCUT2D eigenvalue weighted by atomic mass is 10.3. The summed E-state index contributed by atoms with van der Waals surface area (Å²) >= 11 is 5.76. The zero-order valence-corrected chi connectivity index (χ0v) is 9.77. The van der Waals surface area contributed by atoms with Crippen LogP contribution in [0.25, 0.3) is 0 Å². The Kier molecular flexibility index (Phi) is 4.14. The molecule has 2 rings (SSSR count). The molecule has 0 radical (unpaired) electrons. The Bertz CT molecular complexity index is 507. The molecule has 1 aromatic heterocycles. The molecule has 1 aliphatic rings. The van der Waals surface area contributed by atoms with Crippen molar-refractivity contribution < 1.29 is 0 Å². The highest BCUT2D eigenvalue weighted by atomic mass is 35.5. The highest BCUT2D eigenvalue weighted by Gasteiger charge is 2.11. The third-order valence-corrected chi connectivity index (χ3v) is 2.48. The summed E-state index contributed by atoms with van der Waals surface area (Å²) < 4.78 is 0. The van der Waals surface area contributed by atoms with E-state index in [0.29, 0.717) is 12.2 Å². The van der Waals surface area contributed by atoms with Crippen LogP contribution in [-0.2, 0) is 6.54 Å². The molecule has 0 amide bonds. The second kappa shape index (κ2) is 5.18. The van der Waals surface area contributed by atoms with Crippen molar-refractivity contribution in [1.29, 1.82) is 0 Å². The molecule has 0 unspecified atom stereocenters. The van der Waals surface area contributed by atoms with E-state index in [9.17, 15) is 9.59 Å². The largest absolute Gasteiger partial charge is 0.355 e. The summed E-state index contributed by atoms with van der Waals surface area (Å²) in [4.78, 5) is 32.6. The Hall–Kier alpha value is -1.27. The molecule has 0 atom stereocenters. The van der Waals surface area contributed by atoms with Crippen LogP contribution in [0.5, 0.6) is 0 Å². The number of aliphatic imine (C=N–C) groups is 1. The first kappa shape index (κ1) is 12.8. The second-order valence-corrected chi connectivity index (χ2v) is 3.57. The highest BCUT2D eigenvalue weighted by Crippen LogP contribution is 2.08. The number of nitrogens with one attached hydrogen (secondary N) is 2. The fraction of sp³-hybridized carbons (Fsp3) is 0.375. The number of aromatic nitrogens is 2. The molecule has 1 aromatic rings. The van der Waals surface area contributed by atoms with Gasteiger partial charge in [-0.15, -0.1) is 12.4 Å². The van der Waals surface area contributed by atoms with E-state index in [1.54, 1.807) is 6.34 Å². The number of halogens is 2. The molecule has 6 nitrogen and oxygen atoms in total. The summed E-state index contributed by atoms with van der Waals surface area (Å²) in [5.41, 5.74) is -0.694. The van der Waals surface area contributed by atoms with E-state index in [-0.39, 0.29) is 17.4 Å². The second-order valence-electron chi connectivity index (χ2n) is 3.19. The normalized spacial score (nSPS) is 13.9. The average molecular weight is 265 g/mol. The zero-order chi connectivity index (χ0) is 10.8. The van der Waals surface area contributed by atoms with Crippen LogP contribution < -0.4 is 11.2 Å². The summed E-state index contributed by atoms with van der Waals surface area (Å²) in [5.74, 6) is 0. The van der Waals surface area contributed by atoms with Gasteiger partial charge in [0.25, 0.3) is 5.56 Å². The average Bonchev–Trinajstić information content (AvgIpc) is 2.66. The SMILES string of the molecule is Cl.O=c1[nH]c(CN2C=NCC2)c(Cl)c(=O)[nH]1. The van der Waals surface area contributed by atoms with Gasteiger partial charge in [-0.05, 0) is 0 Å². The van der Waals surface area contributed by atoms with Gasteiger partial charge in [-0.1, -0.05) is 11.6 Å². The van der Waals surface area contributed by atoms with E-state index in [2.05, 4.69) is 15.0 Å². The molecule has 0 aliphatic carbocycles. The minimum Gasteiger partial charge on any atom is -0.355 e. The van der Waals surface area contributed by atoms with Crippen molar-refractivity contribution in [1.82, 2.24) is 14.9 Å². The number of rotatable bonds is 2. The highest BCUT2D eigenvalue weighted by molar-refractivity contribution is 6.30. The summed E-state index contributed by atoms with van der Waals surface area (Å²) in [5, 5.41) is 0.0231. The molecule has 1 aliphatic heterocycles. The zero-order valence-electron chi connectivity index (χ0n) is 8.20. The van der Waals surface area contributed by atoms with Gasteiger partial charge in [0, 0.05) is 6.54 Å². The van der Waals surface area contributed by atoms with E-state index < -0.39 is 11.2 Å². The smallest absolute Gasteiger partial charge is 0.326 e. The molecule has 16 heavy (non-hydrogen) atoms. The van der Waals surface area contributed by atoms with Gasteiger partial charge in [0.05, 0.1) is 25.1 Å². The van der Waals surface area contributed by atoms with Gasteiger partial charge in [0.2, 0.25) is 0 Å². The van der Waals surface area contributed by atoms with Gasteiger partial charge in [0.1, 0.15) is 5.02 Å². The Morgan fingerprint density at radius 3 is 2.81 bits per heavy atom. The van der Waals surface area contributed by atoms with Crippen molar-refractivity contribution >= 4 is 30.3 Å². The van der Waals surface area contributed by atoms with Crippen LogP contribution in [0.1, 0.15) is 5.69 Å². The van der Waals surface area contributed by atoms with E-state index in [0.717, 1.165) is 13.1 Å². The van der Waals surface area contributed by atoms with Crippen LogP contribution in [0.2, 0.25) is 5.02 Å². The Labute approximate surface area is 102 Å². The summed E-state index contributed by atoms with van der Waals surface area (Å²) in [6.45, 7) is 1.89. The van der Waals surface area contributed by atoms with Crippen LogP contribution in [0.3, 0.4) is 0 Å². The molecule has 8 heteroatoms. The van der Waals surface area contributed by atoms with Crippen molar-refractivity contribution in [3.8, 4) is 0 Å². The fourth-order valence-corrected chi connectivity index (χ4v) is 1.52. The van der Waals surface area contributed by atoms with Crippen LogP contribution >= 0.6 is 24.0 Å². The Morgan fingerprint density at radius 1 is 1.44 bits per heavy atom. The minimum atomic E-state index is -0.563. The molecule has 0 saturated carbocycles. The lowest BCUT2D eigenvalue weighted by molar-refractivity contribution is 0.455. The maximum atomic E-state index is 11.2. The lowest BCUT2D eigenvalue weighted by Gasteiger charge is -2.13. The molecule has 0 aromatic carbocycles. The quantitative estimate of drug-likeness (QED) is 0.788. The van der Waals surface area contributed by atoms with Crippen molar-refractivity contribution in [2.45, 2.75) is 6.54 Å². The van der Waals surface area contributed by atoms with Gasteiger partial charge in [-0.25, -0.2) is 4.79 Å². The molecule has 0 bridgehead atoms. The van der Waals surface area contributed by atoms with Gasteiger partial charge < -0.3 is 9.88 Å². The van der Waals surface area contributed by atoms with E-state index >= 15 is 0 Å². The summed E-state index contributed by atoms with van der Waals surface area (Å²) in [7, 11) is 0. The maximum absolute atomic E-state index is 11.2. The molecule has 0 spiro atoms. The molecule has 2 heterocycles. The molecular weight excluding hydrogens is 255 g/mol. The first-order valence-electron chi connectivity index (χ1n) is 4.42. The van der Waals surface area contributed by atoms with Crippen molar-refractivity contribution in [2.75, 3.05) is 13.1 Å². The Morgan fingerprint density at radius 2 is 2.19 bits per heavy atom. The molecule has 0 fully saturated rings. The monoisotopic (exact) mass is 264 g/mol. The maximum Gasteiger partial charge on any atom is 0.326 e. The number of hydrogen-bond acceptors (Lipinski definition) is 4. The first-order chi connectivity index (χ1) is 7.16. The van der Waals surface area contributed by atoms with Crippen molar-refractivity contribution in [2.24, 2.45) is 4.99 Å².